The molecule has 5 heteroatoms. The van der Waals surface area contributed by atoms with Gasteiger partial charge in [0.05, 0.1) is 13.2 Å². The van der Waals surface area contributed by atoms with E-state index in [1.165, 1.54) is 6.07 Å². The molecule has 0 aliphatic carbocycles. The maximum atomic E-state index is 14.7. The highest BCUT2D eigenvalue weighted by Crippen LogP contribution is 2.34. The Bertz CT molecular complexity index is 938. The predicted octanol–water partition coefficient (Wildman–Crippen LogP) is 4.77. The molecule has 1 aromatic heterocycles. The fraction of sp³-hybridized carbons (Fsp3) is 0.273. The van der Waals surface area contributed by atoms with Gasteiger partial charge in [-0.25, -0.2) is 8.78 Å². The Hall–Kier alpha value is -2.66. The third-order valence-corrected chi connectivity index (χ3v) is 5.13. The van der Waals surface area contributed by atoms with Crippen molar-refractivity contribution in [3.05, 3.63) is 89.2 Å². The van der Waals surface area contributed by atoms with E-state index in [1.54, 1.807) is 13.2 Å². The van der Waals surface area contributed by atoms with Crippen LogP contribution in [0.2, 0.25) is 0 Å². The van der Waals surface area contributed by atoms with Gasteiger partial charge in [0.15, 0.2) is 0 Å². The van der Waals surface area contributed by atoms with Crippen molar-refractivity contribution in [1.82, 2.24) is 9.47 Å². The first-order valence-electron chi connectivity index (χ1n) is 9.12. The molecule has 0 saturated carbocycles. The van der Waals surface area contributed by atoms with Gasteiger partial charge in [-0.1, -0.05) is 18.2 Å². The molecule has 0 bridgehead atoms. The summed E-state index contributed by atoms with van der Waals surface area (Å²) in [6, 6.07) is 15.5. The van der Waals surface area contributed by atoms with Gasteiger partial charge in [-0.15, -0.1) is 0 Å². The van der Waals surface area contributed by atoms with Gasteiger partial charge in [-0.05, 0) is 42.3 Å². The molecule has 140 valence electrons. The topological polar surface area (TPSA) is 17.4 Å². The second-order valence-electron chi connectivity index (χ2n) is 6.87. The summed E-state index contributed by atoms with van der Waals surface area (Å²) in [6.45, 7) is 2.36. The lowest BCUT2D eigenvalue weighted by Gasteiger charge is -2.31. The fourth-order valence-corrected chi connectivity index (χ4v) is 3.89. The number of hydrogen-bond acceptors (Lipinski definition) is 2. The van der Waals surface area contributed by atoms with Crippen molar-refractivity contribution >= 4 is 0 Å². The van der Waals surface area contributed by atoms with Crippen molar-refractivity contribution in [1.29, 1.82) is 0 Å². The van der Waals surface area contributed by atoms with Crippen molar-refractivity contribution < 1.29 is 13.5 Å². The molecule has 0 N–H and O–H groups in total. The Morgan fingerprint density at radius 2 is 1.93 bits per heavy atom. The Kier molecular flexibility index (Phi) is 4.94. The standard InChI is InChI=1S/C22H22F2N2O/c1-27-18-6-2-5-16(13-18)15-26-12-4-11-25-10-3-7-21(25)22(26)19-9-8-17(23)14-20(19)24/h2-3,5-10,13-14,22H,4,11-12,15H2,1H3/t22-/m0/s1. The molecule has 0 amide bonds. The second kappa shape index (κ2) is 7.53. The summed E-state index contributed by atoms with van der Waals surface area (Å²) in [5.74, 6) is -0.264. The molecular weight excluding hydrogens is 346 g/mol. The summed E-state index contributed by atoms with van der Waals surface area (Å²) in [7, 11) is 1.65. The normalized spacial score (nSPS) is 17.4. The van der Waals surface area contributed by atoms with E-state index in [0.717, 1.165) is 42.6 Å². The number of ether oxygens (including phenoxy) is 1. The largest absolute Gasteiger partial charge is 0.497 e. The average molecular weight is 368 g/mol. The van der Waals surface area contributed by atoms with Crippen LogP contribution in [0.15, 0.2) is 60.8 Å². The van der Waals surface area contributed by atoms with Gasteiger partial charge in [0.25, 0.3) is 0 Å². The van der Waals surface area contributed by atoms with Crippen molar-refractivity contribution in [2.45, 2.75) is 25.6 Å². The molecule has 0 radical (unpaired) electrons. The number of halogens is 2. The summed E-state index contributed by atoms with van der Waals surface area (Å²) in [4.78, 5) is 2.25. The highest BCUT2D eigenvalue weighted by molar-refractivity contribution is 5.33. The van der Waals surface area contributed by atoms with E-state index in [2.05, 4.69) is 9.47 Å². The third kappa shape index (κ3) is 3.60. The van der Waals surface area contributed by atoms with Crippen LogP contribution < -0.4 is 4.74 Å². The van der Waals surface area contributed by atoms with Crippen LogP contribution in [0.3, 0.4) is 0 Å². The van der Waals surface area contributed by atoms with Gasteiger partial charge in [-0.3, -0.25) is 4.90 Å². The minimum Gasteiger partial charge on any atom is -0.497 e. The highest BCUT2D eigenvalue weighted by atomic mass is 19.1. The van der Waals surface area contributed by atoms with Gasteiger partial charge in [0.2, 0.25) is 0 Å². The summed E-state index contributed by atoms with van der Waals surface area (Å²) in [5.41, 5.74) is 2.63. The minimum atomic E-state index is -0.556. The maximum Gasteiger partial charge on any atom is 0.131 e. The average Bonchev–Trinajstić information content (AvgIpc) is 3.05. The van der Waals surface area contributed by atoms with Gasteiger partial charge < -0.3 is 9.30 Å². The van der Waals surface area contributed by atoms with Crippen LogP contribution in [-0.4, -0.2) is 23.1 Å². The Morgan fingerprint density at radius 1 is 1.04 bits per heavy atom. The first-order chi connectivity index (χ1) is 13.2. The zero-order valence-electron chi connectivity index (χ0n) is 15.2. The molecule has 0 fully saturated rings. The van der Waals surface area contributed by atoms with E-state index in [4.69, 9.17) is 4.74 Å². The van der Waals surface area contributed by atoms with Crippen LogP contribution in [-0.2, 0) is 13.1 Å². The molecule has 3 nitrogen and oxygen atoms in total. The van der Waals surface area contributed by atoms with Gasteiger partial charge in [0, 0.05) is 43.2 Å². The van der Waals surface area contributed by atoms with Crippen LogP contribution in [0.25, 0.3) is 0 Å². The Balaban J connectivity index is 1.76. The van der Waals surface area contributed by atoms with Crippen molar-refractivity contribution in [3.63, 3.8) is 0 Å². The van der Waals surface area contributed by atoms with E-state index in [1.807, 2.05) is 42.6 Å². The molecule has 27 heavy (non-hydrogen) atoms. The molecule has 2 heterocycles. The summed E-state index contributed by atoms with van der Waals surface area (Å²) >= 11 is 0. The quantitative estimate of drug-likeness (QED) is 0.660. The molecule has 4 rings (SSSR count). The number of methoxy groups -OCH3 is 1. The van der Waals surface area contributed by atoms with Crippen molar-refractivity contribution in [2.75, 3.05) is 13.7 Å². The number of rotatable bonds is 4. The monoisotopic (exact) mass is 368 g/mol. The van der Waals surface area contributed by atoms with Gasteiger partial charge >= 0.3 is 0 Å². The molecule has 1 aliphatic rings. The van der Waals surface area contributed by atoms with Crippen LogP contribution >= 0.6 is 0 Å². The van der Waals surface area contributed by atoms with Gasteiger partial charge in [-0.2, -0.15) is 0 Å². The maximum absolute atomic E-state index is 14.7. The lowest BCUT2D eigenvalue weighted by Crippen LogP contribution is -2.30. The molecule has 2 aromatic carbocycles. The lowest BCUT2D eigenvalue weighted by molar-refractivity contribution is 0.216. The smallest absolute Gasteiger partial charge is 0.131 e. The van der Waals surface area contributed by atoms with Crippen LogP contribution in [0.4, 0.5) is 8.78 Å². The molecule has 1 atom stereocenters. The fourth-order valence-electron chi connectivity index (χ4n) is 3.89. The SMILES string of the molecule is COc1cccc(CN2CCCn3cccc3[C@@H]2c2ccc(F)cc2F)c1. The zero-order valence-corrected chi connectivity index (χ0v) is 15.2. The van der Waals surface area contributed by atoms with Crippen LogP contribution in [0.5, 0.6) is 5.75 Å². The van der Waals surface area contributed by atoms with Crippen molar-refractivity contribution in [2.24, 2.45) is 0 Å². The van der Waals surface area contributed by atoms with E-state index in [-0.39, 0.29) is 6.04 Å². The number of fused-ring (bicyclic) bond motifs is 1. The van der Waals surface area contributed by atoms with E-state index < -0.39 is 11.6 Å². The number of benzene rings is 2. The summed E-state index contributed by atoms with van der Waals surface area (Å²) < 4.78 is 35.7. The van der Waals surface area contributed by atoms with E-state index >= 15 is 0 Å². The molecular formula is C22H22F2N2O. The summed E-state index contributed by atoms with van der Waals surface area (Å²) in [6.07, 6.45) is 2.99. The number of aryl methyl sites for hydroxylation is 1. The molecule has 0 unspecified atom stereocenters. The Morgan fingerprint density at radius 3 is 2.74 bits per heavy atom. The van der Waals surface area contributed by atoms with E-state index in [9.17, 15) is 8.78 Å². The molecule has 0 spiro atoms. The van der Waals surface area contributed by atoms with Crippen molar-refractivity contribution in [3.8, 4) is 5.75 Å². The predicted molar refractivity (Wildman–Crippen MR) is 101 cm³/mol. The van der Waals surface area contributed by atoms with E-state index in [0.29, 0.717) is 12.1 Å². The molecule has 3 aromatic rings. The number of aromatic nitrogens is 1. The lowest BCUT2D eigenvalue weighted by atomic mass is 10.00. The first kappa shape index (κ1) is 17.7. The summed E-state index contributed by atoms with van der Waals surface area (Å²) in [5, 5.41) is 0. The minimum absolute atomic E-state index is 0.269. The second-order valence-corrected chi connectivity index (χ2v) is 6.87. The first-order valence-corrected chi connectivity index (χ1v) is 9.12. The van der Waals surface area contributed by atoms with Crippen LogP contribution in [0, 0.1) is 11.6 Å². The molecule has 0 saturated heterocycles. The van der Waals surface area contributed by atoms with Crippen LogP contribution in [0.1, 0.15) is 29.3 Å². The van der Waals surface area contributed by atoms with Gasteiger partial charge in [0.1, 0.15) is 17.4 Å². The number of hydrogen-bond donors (Lipinski definition) is 0. The number of nitrogens with zero attached hydrogens (tertiary/aromatic N) is 2. The molecule has 1 aliphatic heterocycles. The third-order valence-electron chi connectivity index (χ3n) is 5.13. The highest BCUT2D eigenvalue weighted by Gasteiger charge is 2.29. The Labute approximate surface area is 157 Å². The zero-order chi connectivity index (χ0) is 18.8.